The lowest BCUT2D eigenvalue weighted by Gasteiger charge is -2.09. The first kappa shape index (κ1) is 26.6. The Hall–Kier alpha value is -4.41. The Kier molecular flexibility index (Phi) is 8.57. The van der Waals surface area contributed by atoms with Crippen LogP contribution >= 0.6 is 22.9 Å². The summed E-state index contributed by atoms with van der Waals surface area (Å²) in [6, 6.07) is 18.7. The third kappa shape index (κ3) is 6.28. The third-order valence-electron chi connectivity index (χ3n) is 5.25. The van der Waals surface area contributed by atoms with Crippen molar-refractivity contribution in [1.82, 2.24) is 10.7 Å². The minimum absolute atomic E-state index is 0.293. The molecule has 4 aromatic rings. The molecule has 0 aliphatic heterocycles. The molecule has 0 bridgehead atoms. The number of methoxy groups -OCH3 is 2. The number of hydrogen-bond acceptors (Lipinski definition) is 8. The van der Waals surface area contributed by atoms with Crippen LogP contribution in [0.2, 0.25) is 5.02 Å². The van der Waals surface area contributed by atoms with Crippen LogP contribution in [0.5, 0.6) is 17.2 Å². The van der Waals surface area contributed by atoms with Gasteiger partial charge in [-0.05, 0) is 42.0 Å². The van der Waals surface area contributed by atoms with E-state index in [-0.39, 0.29) is 6.54 Å². The Bertz CT molecular complexity index is 1530. The lowest BCUT2D eigenvalue weighted by molar-refractivity contribution is -0.120. The number of carbonyl (C=O) groups excluding carboxylic acids is 3. The molecule has 3 aromatic carbocycles. The first-order valence-corrected chi connectivity index (χ1v) is 12.4. The summed E-state index contributed by atoms with van der Waals surface area (Å²) in [5, 5.41) is 7.55. The maximum atomic E-state index is 12.7. The van der Waals surface area contributed by atoms with E-state index in [2.05, 4.69) is 15.8 Å². The highest BCUT2D eigenvalue weighted by molar-refractivity contribution is 7.21. The number of nitrogens with one attached hydrogen (secondary N) is 2. The van der Waals surface area contributed by atoms with E-state index in [1.165, 1.54) is 37.8 Å². The van der Waals surface area contributed by atoms with Gasteiger partial charge < -0.3 is 19.5 Å². The monoisotopic (exact) mass is 551 g/mol. The number of ether oxygens (including phenoxy) is 3. The molecule has 0 aliphatic rings. The van der Waals surface area contributed by atoms with Crippen LogP contribution in [-0.4, -0.2) is 44.8 Å². The fraction of sp³-hybridized carbons (Fsp3) is 0.111. The molecule has 0 saturated heterocycles. The predicted molar refractivity (Wildman–Crippen MR) is 146 cm³/mol. The fourth-order valence-corrected chi connectivity index (χ4v) is 4.80. The summed E-state index contributed by atoms with van der Waals surface area (Å²) in [5.74, 6) is -0.381. The molecule has 38 heavy (non-hydrogen) atoms. The maximum absolute atomic E-state index is 12.7. The van der Waals surface area contributed by atoms with E-state index >= 15 is 0 Å². The van der Waals surface area contributed by atoms with Crippen LogP contribution in [0, 0.1) is 0 Å². The Labute approximate surface area is 227 Å². The van der Waals surface area contributed by atoms with Crippen molar-refractivity contribution < 1.29 is 28.6 Å². The van der Waals surface area contributed by atoms with Crippen molar-refractivity contribution in [3.8, 4) is 17.2 Å². The van der Waals surface area contributed by atoms with Crippen LogP contribution in [-0.2, 0) is 4.79 Å². The molecule has 0 spiro atoms. The van der Waals surface area contributed by atoms with E-state index < -0.39 is 17.8 Å². The van der Waals surface area contributed by atoms with Gasteiger partial charge >= 0.3 is 5.97 Å². The van der Waals surface area contributed by atoms with Gasteiger partial charge in [0.25, 0.3) is 11.8 Å². The van der Waals surface area contributed by atoms with Crippen LogP contribution in [0.1, 0.15) is 25.6 Å². The van der Waals surface area contributed by atoms with Gasteiger partial charge in [0.15, 0.2) is 11.5 Å². The highest BCUT2D eigenvalue weighted by atomic mass is 35.5. The van der Waals surface area contributed by atoms with Gasteiger partial charge in [0, 0.05) is 15.6 Å². The highest BCUT2D eigenvalue weighted by Crippen LogP contribution is 2.35. The molecule has 0 fully saturated rings. The number of hydrazone groups is 1. The molecular weight excluding hydrogens is 530 g/mol. The Morgan fingerprint density at radius 3 is 2.53 bits per heavy atom. The number of amides is 2. The quantitative estimate of drug-likeness (QED) is 0.135. The van der Waals surface area contributed by atoms with Crippen molar-refractivity contribution in [1.29, 1.82) is 0 Å². The molecule has 0 aliphatic carbocycles. The molecule has 9 nitrogen and oxygen atoms in total. The van der Waals surface area contributed by atoms with Crippen molar-refractivity contribution in [2.45, 2.75) is 0 Å². The number of fused-ring (bicyclic) bond motifs is 1. The fourth-order valence-electron chi connectivity index (χ4n) is 3.42. The summed E-state index contributed by atoms with van der Waals surface area (Å²) in [7, 11) is 2.96. The summed E-state index contributed by atoms with van der Waals surface area (Å²) >= 11 is 7.62. The van der Waals surface area contributed by atoms with Crippen LogP contribution in [0.4, 0.5) is 0 Å². The van der Waals surface area contributed by atoms with Crippen molar-refractivity contribution in [2.75, 3.05) is 20.8 Å². The lowest BCUT2D eigenvalue weighted by Crippen LogP contribution is -2.34. The van der Waals surface area contributed by atoms with Gasteiger partial charge in [-0.25, -0.2) is 10.2 Å². The number of benzene rings is 3. The Morgan fingerprint density at radius 1 is 0.974 bits per heavy atom. The molecule has 0 atom stereocenters. The van der Waals surface area contributed by atoms with Gasteiger partial charge in [0.2, 0.25) is 0 Å². The molecule has 1 heterocycles. The van der Waals surface area contributed by atoms with Crippen LogP contribution < -0.4 is 25.0 Å². The molecule has 194 valence electrons. The average molecular weight is 552 g/mol. The first-order chi connectivity index (χ1) is 18.4. The van der Waals surface area contributed by atoms with Crippen LogP contribution in [0.3, 0.4) is 0 Å². The smallest absolute Gasteiger partial charge is 0.355 e. The van der Waals surface area contributed by atoms with Gasteiger partial charge in [-0.15, -0.1) is 11.3 Å². The summed E-state index contributed by atoms with van der Waals surface area (Å²) in [6.07, 6.45) is 1.39. The van der Waals surface area contributed by atoms with Crippen LogP contribution in [0.25, 0.3) is 10.1 Å². The second kappa shape index (κ2) is 12.2. The molecule has 0 radical (unpaired) electrons. The highest BCUT2D eigenvalue weighted by Gasteiger charge is 2.19. The Morgan fingerprint density at radius 2 is 1.76 bits per heavy atom. The van der Waals surface area contributed by atoms with E-state index in [4.69, 9.17) is 25.8 Å². The minimum atomic E-state index is -0.566. The standard InChI is InChI=1S/C27H22ClN3O6S/c1-35-20-11-10-17(13-21(20)36-2)26(33)29-15-23(32)31-30-14-16-6-5-7-18(12-16)37-27(34)25-24(28)19-8-3-4-9-22(19)38-25/h3-14H,15H2,1-2H3,(H,29,33)(H,31,32). The summed E-state index contributed by atoms with van der Waals surface area (Å²) in [4.78, 5) is 37.4. The van der Waals surface area contributed by atoms with Gasteiger partial charge in [0.05, 0.1) is 32.0 Å². The van der Waals surface area contributed by atoms with E-state index in [1.54, 1.807) is 36.4 Å². The molecule has 0 unspecified atom stereocenters. The number of nitrogens with zero attached hydrogens (tertiary/aromatic N) is 1. The van der Waals surface area contributed by atoms with Crippen molar-refractivity contribution in [3.63, 3.8) is 0 Å². The molecule has 4 rings (SSSR count). The number of rotatable bonds is 9. The van der Waals surface area contributed by atoms with Gasteiger partial charge in [-0.1, -0.05) is 41.9 Å². The molecule has 2 amide bonds. The number of carbonyl (C=O) groups is 3. The third-order valence-corrected chi connectivity index (χ3v) is 6.90. The number of esters is 1. The van der Waals surface area contributed by atoms with Gasteiger partial charge in [0.1, 0.15) is 10.6 Å². The van der Waals surface area contributed by atoms with E-state index in [0.717, 1.165) is 10.1 Å². The van der Waals surface area contributed by atoms with Crippen molar-refractivity contribution >= 4 is 57.0 Å². The largest absolute Gasteiger partial charge is 0.493 e. The SMILES string of the molecule is COc1ccc(C(=O)NCC(=O)NN=Cc2cccc(OC(=O)c3sc4ccccc4c3Cl)c2)cc1OC. The first-order valence-electron chi connectivity index (χ1n) is 11.2. The summed E-state index contributed by atoms with van der Waals surface area (Å²) in [5.41, 5.74) is 3.22. The lowest BCUT2D eigenvalue weighted by atomic mass is 10.2. The van der Waals surface area contributed by atoms with Gasteiger partial charge in [-0.3, -0.25) is 9.59 Å². The zero-order valence-corrected chi connectivity index (χ0v) is 21.9. The van der Waals surface area contributed by atoms with E-state index in [0.29, 0.717) is 38.3 Å². The molecule has 11 heteroatoms. The zero-order chi connectivity index (χ0) is 27.1. The molecule has 2 N–H and O–H groups in total. The predicted octanol–water partition coefficient (Wildman–Crippen LogP) is 4.67. The van der Waals surface area contributed by atoms with Crippen molar-refractivity contribution in [3.05, 3.63) is 87.8 Å². The number of hydrogen-bond donors (Lipinski definition) is 2. The topological polar surface area (TPSA) is 115 Å². The maximum Gasteiger partial charge on any atom is 0.355 e. The summed E-state index contributed by atoms with van der Waals surface area (Å²) in [6.45, 7) is -0.294. The van der Waals surface area contributed by atoms with E-state index in [1.807, 2.05) is 24.3 Å². The van der Waals surface area contributed by atoms with Gasteiger partial charge in [-0.2, -0.15) is 5.10 Å². The molecule has 1 aromatic heterocycles. The average Bonchev–Trinajstić information content (AvgIpc) is 3.28. The second-order valence-corrected chi connectivity index (χ2v) is 9.18. The second-order valence-electron chi connectivity index (χ2n) is 7.75. The molecular formula is C27H22ClN3O6S. The van der Waals surface area contributed by atoms with Crippen LogP contribution in [0.15, 0.2) is 71.8 Å². The zero-order valence-electron chi connectivity index (χ0n) is 20.3. The van der Waals surface area contributed by atoms with E-state index in [9.17, 15) is 14.4 Å². The number of halogens is 1. The van der Waals surface area contributed by atoms with Crippen molar-refractivity contribution in [2.24, 2.45) is 5.10 Å². The minimum Gasteiger partial charge on any atom is -0.493 e. The Balaban J connectivity index is 1.30. The summed E-state index contributed by atoms with van der Waals surface area (Å²) < 4.78 is 16.7. The normalized spacial score (nSPS) is 10.8. The number of thiophene rings is 1. The molecule has 0 saturated carbocycles.